The van der Waals surface area contributed by atoms with Crippen molar-refractivity contribution in [3.05, 3.63) is 11.8 Å². The topological polar surface area (TPSA) is 93.2 Å². The summed E-state index contributed by atoms with van der Waals surface area (Å²) in [4.78, 5) is 10.7. The van der Waals surface area contributed by atoms with Crippen LogP contribution in [0, 0.1) is 0 Å². The lowest BCUT2D eigenvalue weighted by Crippen LogP contribution is -2.28. The first-order chi connectivity index (χ1) is 6.72. The number of aromatic nitrogens is 2. The third kappa shape index (κ3) is 1.33. The van der Waals surface area contributed by atoms with Gasteiger partial charge in [0.25, 0.3) is 0 Å². The number of carboxylic acids is 1. The number of hydrogen-bond acceptors (Lipinski definition) is 4. The maximum absolute atomic E-state index is 10.7. The Morgan fingerprint density at radius 1 is 1.86 bits per heavy atom. The van der Waals surface area contributed by atoms with E-state index < -0.39 is 5.97 Å². The molecule has 1 aromatic rings. The quantitative estimate of drug-likeness (QED) is 0.614. The number of nitrogens with two attached hydrogens (primary N) is 1. The summed E-state index contributed by atoms with van der Waals surface area (Å²) in [6, 6.07) is 1.64. The molecule has 76 valence electrons. The lowest BCUT2D eigenvalue weighted by Gasteiger charge is -2.23. The molecule has 0 saturated heterocycles. The number of anilines is 1. The van der Waals surface area contributed by atoms with Crippen LogP contribution in [-0.4, -0.2) is 33.9 Å². The van der Waals surface area contributed by atoms with Gasteiger partial charge in [-0.3, -0.25) is 0 Å². The van der Waals surface area contributed by atoms with Crippen molar-refractivity contribution in [2.24, 2.45) is 5.73 Å². The first-order valence-electron chi connectivity index (χ1n) is 4.49. The molecule has 1 aliphatic rings. The summed E-state index contributed by atoms with van der Waals surface area (Å²) >= 11 is 0. The van der Waals surface area contributed by atoms with E-state index in [1.807, 2.05) is 0 Å². The largest absolute Gasteiger partial charge is 0.476 e. The fourth-order valence-corrected chi connectivity index (χ4v) is 1.62. The van der Waals surface area contributed by atoms with Crippen LogP contribution in [0.5, 0.6) is 0 Å². The Balaban J connectivity index is 2.38. The van der Waals surface area contributed by atoms with Crippen molar-refractivity contribution in [1.82, 2.24) is 9.78 Å². The molecule has 0 aromatic carbocycles. The van der Waals surface area contributed by atoms with Gasteiger partial charge in [0.05, 0.1) is 6.04 Å². The Kier molecular flexibility index (Phi) is 2.12. The fourth-order valence-electron chi connectivity index (χ4n) is 1.62. The van der Waals surface area contributed by atoms with Crippen LogP contribution in [0.1, 0.15) is 23.0 Å². The number of fused-ring (bicyclic) bond motifs is 1. The van der Waals surface area contributed by atoms with Crippen molar-refractivity contribution in [2.75, 3.05) is 18.4 Å². The van der Waals surface area contributed by atoms with Gasteiger partial charge in [0, 0.05) is 19.2 Å². The summed E-state index contributed by atoms with van der Waals surface area (Å²) in [6.45, 7) is 1.29. The molecule has 14 heavy (non-hydrogen) atoms. The van der Waals surface area contributed by atoms with Crippen LogP contribution in [0.2, 0.25) is 0 Å². The average Bonchev–Trinajstić information content (AvgIpc) is 2.60. The van der Waals surface area contributed by atoms with E-state index in [0.717, 1.165) is 18.8 Å². The molecule has 1 aliphatic heterocycles. The molecule has 0 saturated carbocycles. The van der Waals surface area contributed by atoms with E-state index in [-0.39, 0.29) is 11.7 Å². The monoisotopic (exact) mass is 196 g/mol. The fraction of sp³-hybridized carbons (Fsp3) is 0.500. The highest BCUT2D eigenvalue weighted by Gasteiger charge is 2.22. The predicted molar refractivity (Wildman–Crippen MR) is 50.4 cm³/mol. The molecule has 0 radical (unpaired) electrons. The summed E-state index contributed by atoms with van der Waals surface area (Å²) < 4.78 is 1.66. The van der Waals surface area contributed by atoms with Crippen molar-refractivity contribution in [2.45, 2.75) is 12.5 Å². The van der Waals surface area contributed by atoms with E-state index in [1.165, 1.54) is 6.07 Å². The van der Waals surface area contributed by atoms with Gasteiger partial charge >= 0.3 is 5.97 Å². The van der Waals surface area contributed by atoms with Crippen molar-refractivity contribution in [3.8, 4) is 0 Å². The van der Waals surface area contributed by atoms with E-state index in [1.54, 1.807) is 4.68 Å². The summed E-state index contributed by atoms with van der Waals surface area (Å²) in [6.07, 6.45) is 0.879. The highest BCUT2D eigenvalue weighted by atomic mass is 16.4. The normalized spacial score (nSPS) is 19.9. The first-order valence-corrected chi connectivity index (χ1v) is 4.49. The van der Waals surface area contributed by atoms with E-state index in [4.69, 9.17) is 10.8 Å². The molecule has 0 aliphatic carbocycles. The zero-order chi connectivity index (χ0) is 10.1. The highest BCUT2D eigenvalue weighted by molar-refractivity contribution is 5.86. The van der Waals surface area contributed by atoms with Crippen LogP contribution in [0.25, 0.3) is 0 Å². The molecular formula is C8H12N4O2. The van der Waals surface area contributed by atoms with Gasteiger partial charge in [-0.1, -0.05) is 0 Å². The molecule has 1 aromatic heterocycles. The third-order valence-corrected chi connectivity index (χ3v) is 2.36. The minimum absolute atomic E-state index is 0.0628. The summed E-state index contributed by atoms with van der Waals surface area (Å²) in [7, 11) is 0. The molecule has 0 amide bonds. The van der Waals surface area contributed by atoms with Gasteiger partial charge < -0.3 is 16.2 Å². The second-order valence-electron chi connectivity index (χ2n) is 3.27. The van der Waals surface area contributed by atoms with E-state index in [9.17, 15) is 4.79 Å². The molecule has 4 N–H and O–H groups in total. The van der Waals surface area contributed by atoms with Crippen LogP contribution in [0.3, 0.4) is 0 Å². The van der Waals surface area contributed by atoms with Crippen molar-refractivity contribution >= 4 is 11.8 Å². The van der Waals surface area contributed by atoms with E-state index >= 15 is 0 Å². The third-order valence-electron chi connectivity index (χ3n) is 2.36. The number of carboxylic acid groups (broad SMARTS) is 1. The Hall–Kier alpha value is -1.56. The van der Waals surface area contributed by atoms with Gasteiger partial charge in [0.1, 0.15) is 5.82 Å². The lowest BCUT2D eigenvalue weighted by molar-refractivity contribution is 0.0689. The van der Waals surface area contributed by atoms with Gasteiger partial charge in [0.15, 0.2) is 5.69 Å². The van der Waals surface area contributed by atoms with Crippen LogP contribution in [-0.2, 0) is 0 Å². The molecular weight excluding hydrogens is 184 g/mol. The van der Waals surface area contributed by atoms with Gasteiger partial charge in [-0.25, -0.2) is 9.48 Å². The second-order valence-corrected chi connectivity index (χ2v) is 3.27. The number of nitrogens with zero attached hydrogens (tertiary/aromatic N) is 2. The molecule has 0 bridgehead atoms. The standard InChI is InChI=1S/C8H12N4O2/c9-4-5-1-2-10-7-3-6(8(13)14)11-12(5)7/h3,5,10H,1-2,4,9H2,(H,13,14). The minimum Gasteiger partial charge on any atom is -0.476 e. The summed E-state index contributed by atoms with van der Waals surface area (Å²) in [5.41, 5.74) is 5.63. The number of carbonyl (C=O) groups is 1. The number of rotatable bonds is 2. The molecule has 1 unspecified atom stereocenters. The minimum atomic E-state index is -1.01. The molecule has 6 nitrogen and oxygen atoms in total. The van der Waals surface area contributed by atoms with Crippen LogP contribution in [0.4, 0.5) is 5.82 Å². The van der Waals surface area contributed by atoms with Crippen LogP contribution < -0.4 is 11.1 Å². The van der Waals surface area contributed by atoms with Gasteiger partial charge in [-0.2, -0.15) is 5.10 Å². The summed E-state index contributed by atoms with van der Waals surface area (Å²) in [5, 5.41) is 15.8. The Labute approximate surface area is 80.7 Å². The van der Waals surface area contributed by atoms with Gasteiger partial charge in [0.2, 0.25) is 0 Å². The maximum Gasteiger partial charge on any atom is 0.356 e. The van der Waals surface area contributed by atoms with Crippen LogP contribution >= 0.6 is 0 Å². The highest BCUT2D eigenvalue weighted by Crippen LogP contribution is 2.23. The molecule has 0 spiro atoms. The van der Waals surface area contributed by atoms with Crippen molar-refractivity contribution in [3.63, 3.8) is 0 Å². The Morgan fingerprint density at radius 3 is 3.29 bits per heavy atom. The molecule has 2 rings (SSSR count). The van der Waals surface area contributed by atoms with Gasteiger partial charge in [-0.05, 0) is 6.42 Å². The van der Waals surface area contributed by atoms with E-state index in [0.29, 0.717) is 6.54 Å². The van der Waals surface area contributed by atoms with Crippen molar-refractivity contribution < 1.29 is 9.90 Å². The number of aromatic carboxylic acids is 1. The zero-order valence-electron chi connectivity index (χ0n) is 7.60. The number of hydrogen-bond donors (Lipinski definition) is 3. The summed E-state index contributed by atoms with van der Waals surface area (Å²) in [5.74, 6) is -0.270. The number of nitrogens with one attached hydrogen (secondary N) is 1. The maximum atomic E-state index is 10.7. The Morgan fingerprint density at radius 2 is 2.64 bits per heavy atom. The first kappa shape index (κ1) is 9.01. The Bertz CT molecular complexity index is 360. The lowest BCUT2D eigenvalue weighted by atomic mass is 10.2. The van der Waals surface area contributed by atoms with Crippen molar-refractivity contribution in [1.29, 1.82) is 0 Å². The second kappa shape index (κ2) is 3.30. The molecule has 6 heteroatoms. The predicted octanol–water partition coefficient (Wildman–Crippen LogP) is -0.103. The SMILES string of the molecule is NCC1CCNc2cc(C(=O)O)nn21. The molecule has 0 fully saturated rings. The van der Waals surface area contributed by atoms with Crippen LogP contribution in [0.15, 0.2) is 6.07 Å². The average molecular weight is 196 g/mol. The molecule has 1 atom stereocenters. The van der Waals surface area contributed by atoms with E-state index in [2.05, 4.69) is 10.4 Å². The molecule has 2 heterocycles. The zero-order valence-corrected chi connectivity index (χ0v) is 7.60. The smallest absolute Gasteiger partial charge is 0.356 e. The van der Waals surface area contributed by atoms with Gasteiger partial charge in [-0.15, -0.1) is 0 Å².